The minimum absolute atomic E-state index is 0.672. The number of rotatable bonds is 5. The van der Waals surface area contributed by atoms with Crippen LogP contribution in [-0.2, 0) is 0 Å². The molecule has 4 nitrogen and oxygen atoms in total. The minimum Gasteiger partial charge on any atom is -0.454 e. The van der Waals surface area contributed by atoms with Crippen LogP contribution >= 0.6 is 0 Å². The third-order valence-electron chi connectivity index (χ3n) is 10.7. The molecule has 8 aromatic carbocycles. The van der Waals surface area contributed by atoms with E-state index in [1.54, 1.807) is 0 Å². The Balaban J connectivity index is 1.04. The van der Waals surface area contributed by atoms with Gasteiger partial charge in [0.15, 0.2) is 11.4 Å². The molecule has 0 amide bonds. The molecule has 0 spiro atoms. The summed E-state index contributed by atoms with van der Waals surface area (Å²) in [6, 6.07) is 65.6. The highest BCUT2D eigenvalue weighted by Gasteiger charge is 2.19. The van der Waals surface area contributed by atoms with Gasteiger partial charge in [-0.15, -0.1) is 0 Å². The highest BCUT2D eigenvalue weighted by atomic mass is 16.3. The molecule has 55 heavy (non-hydrogen) atoms. The Kier molecular flexibility index (Phi) is 7.14. The Bertz CT molecular complexity index is 3240. The number of benzene rings is 8. The number of hydrogen-bond acceptors (Lipinski definition) is 4. The molecule has 11 aromatic rings. The lowest BCUT2D eigenvalue weighted by Gasteiger charge is -2.11. The predicted molar refractivity (Wildman–Crippen MR) is 227 cm³/mol. The van der Waals surface area contributed by atoms with Crippen LogP contribution in [0.3, 0.4) is 0 Å². The van der Waals surface area contributed by atoms with Gasteiger partial charge in [-0.25, -0.2) is 15.0 Å². The SMILES string of the molecule is c1ccc(-c2cc(-c3ccc4oc5c(-c6ccccc6)nc6ccccc6c5c4c3)nc(-c3ccc(-c4ccc5c(ccc6ccccc65)c4)cc3)n2)cc1. The second-order valence-corrected chi connectivity index (χ2v) is 14.0. The molecule has 256 valence electrons. The normalized spacial score (nSPS) is 11.6. The highest BCUT2D eigenvalue weighted by Crippen LogP contribution is 2.41. The van der Waals surface area contributed by atoms with Gasteiger partial charge in [-0.05, 0) is 69.1 Å². The van der Waals surface area contributed by atoms with E-state index in [4.69, 9.17) is 19.4 Å². The summed E-state index contributed by atoms with van der Waals surface area (Å²) in [6.07, 6.45) is 0. The maximum atomic E-state index is 6.62. The monoisotopic (exact) mass is 701 g/mol. The van der Waals surface area contributed by atoms with E-state index in [2.05, 4.69) is 146 Å². The summed E-state index contributed by atoms with van der Waals surface area (Å²) in [5, 5.41) is 8.16. The second-order valence-electron chi connectivity index (χ2n) is 14.0. The molecule has 0 radical (unpaired) electrons. The summed E-state index contributed by atoms with van der Waals surface area (Å²) in [4.78, 5) is 15.4. The Morgan fingerprint density at radius 3 is 1.78 bits per heavy atom. The zero-order valence-electron chi connectivity index (χ0n) is 29.6. The first-order valence-corrected chi connectivity index (χ1v) is 18.5. The molecule has 0 aliphatic rings. The van der Waals surface area contributed by atoms with Crippen molar-refractivity contribution >= 4 is 54.4 Å². The lowest BCUT2D eigenvalue weighted by atomic mass is 9.97. The van der Waals surface area contributed by atoms with Crippen molar-refractivity contribution in [2.24, 2.45) is 0 Å². The standard InChI is InChI=1S/C51H31N3O/c1-3-12-34(13-4-1)45-31-46(39-26-28-47-43(30-39)48-42-17-9-10-18-44(42)52-49(50(48)55-47)35-14-5-2-6-15-35)54-51(53-45)36-22-19-32(20-23-36)37-25-27-41-38(29-37)24-21-33-11-7-8-16-40(33)41/h1-31H. The maximum Gasteiger partial charge on any atom is 0.162 e. The van der Waals surface area contributed by atoms with E-state index in [-0.39, 0.29) is 0 Å². The third kappa shape index (κ3) is 5.34. The van der Waals surface area contributed by atoms with Gasteiger partial charge in [0.2, 0.25) is 0 Å². The molecular formula is C51H31N3O. The fourth-order valence-electron chi connectivity index (χ4n) is 7.92. The zero-order chi connectivity index (χ0) is 36.3. The Labute approximate surface area is 317 Å². The largest absolute Gasteiger partial charge is 0.454 e. The molecule has 0 atom stereocenters. The number of fused-ring (bicyclic) bond motifs is 8. The van der Waals surface area contributed by atoms with E-state index in [9.17, 15) is 0 Å². The summed E-state index contributed by atoms with van der Waals surface area (Å²) in [5.41, 5.74) is 11.4. The fraction of sp³-hybridized carbons (Fsp3) is 0. The van der Waals surface area contributed by atoms with Crippen molar-refractivity contribution in [1.82, 2.24) is 15.0 Å². The van der Waals surface area contributed by atoms with Crippen molar-refractivity contribution in [3.05, 3.63) is 188 Å². The molecule has 3 aromatic heterocycles. The molecule has 3 heterocycles. The van der Waals surface area contributed by atoms with Crippen LogP contribution in [0.1, 0.15) is 0 Å². The lowest BCUT2D eigenvalue weighted by molar-refractivity contribution is 0.669. The van der Waals surface area contributed by atoms with E-state index in [0.29, 0.717) is 5.82 Å². The maximum absolute atomic E-state index is 6.62. The first-order valence-electron chi connectivity index (χ1n) is 18.5. The quantitative estimate of drug-likeness (QED) is 0.168. The minimum atomic E-state index is 0.672. The van der Waals surface area contributed by atoms with Gasteiger partial charge in [-0.2, -0.15) is 0 Å². The smallest absolute Gasteiger partial charge is 0.162 e. The molecule has 0 unspecified atom stereocenters. The third-order valence-corrected chi connectivity index (χ3v) is 10.7. The number of furan rings is 1. The first kappa shape index (κ1) is 31.1. The van der Waals surface area contributed by atoms with Crippen LogP contribution in [0.15, 0.2) is 192 Å². The van der Waals surface area contributed by atoms with E-state index in [0.717, 1.165) is 77.7 Å². The summed E-state index contributed by atoms with van der Waals surface area (Å²) in [7, 11) is 0. The van der Waals surface area contributed by atoms with Crippen molar-refractivity contribution in [1.29, 1.82) is 0 Å². The zero-order valence-corrected chi connectivity index (χ0v) is 29.6. The molecule has 0 aliphatic heterocycles. The van der Waals surface area contributed by atoms with Gasteiger partial charge in [0, 0.05) is 38.4 Å². The highest BCUT2D eigenvalue weighted by molar-refractivity contribution is 6.21. The number of pyridine rings is 1. The van der Waals surface area contributed by atoms with Crippen molar-refractivity contribution < 1.29 is 4.42 Å². The van der Waals surface area contributed by atoms with Crippen LogP contribution < -0.4 is 0 Å². The summed E-state index contributed by atoms with van der Waals surface area (Å²) in [5.74, 6) is 0.672. The molecule has 0 saturated carbocycles. The predicted octanol–water partition coefficient (Wildman–Crippen LogP) is 13.6. The summed E-state index contributed by atoms with van der Waals surface area (Å²) >= 11 is 0. The van der Waals surface area contributed by atoms with Crippen LogP contribution in [0, 0.1) is 0 Å². The molecule has 0 saturated heterocycles. The molecular weight excluding hydrogens is 671 g/mol. The first-order chi connectivity index (χ1) is 27.2. The van der Waals surface area contributed by atoms with Crippen LogP contribution in [0.5, 0.6) is 0 Å². The van der Waals surface area contributed by atoms with Gasteiger partial charge in [0.05, 0.1) is 16.9 Å². The van der Waals surface area contributed by atoms with Crippen LogP contribution in [0.2, 0.25) is 0 Å². The van der Waals surface area contributed by atoms with Gasteiger partial charge in [0.25, 0.3) is 0 Å². The number of para-hydroxylation sites is 1. The topological polar surface area (TPSA) is 51.8 Å². The van der Waals surface area contributed by atoms with Crippen molar-refractivity contribution in [3.63, 3.8) is 0 Å². The van der Waals surface area contributed by atoms with Gasteiger partial charge < -0.3 is 4.42 Å². The number of nitrogens with zero attached hydrogens (tertiary/aromatic N) is 3. The van der Waals surface area contributed by atoms with E-state index >= 15 is 0 Å². The van der Waals surface area contributed by atoms with Crippen LogP contribution in [0.4, 0.5) is 0 Å². The van der Waals surface area contributed by atoms with E-state index in [1.807, 2.05) is 42.5 Å². The van der Waals surface area contributed by atoms with Crippen molar-refractivity contribution in [2.75, 3.05) is 0 Å². The molecule has 0 bridgehead atoms. The van der Waals surface area contributed by atoms with E-state index in [1.165, 1.54) is 27.1 Å². The van der Waals surface area contributed by atoms with Crippen molar-refractivity contribution in [3.8, 4) is 56.3 Å². The average Bonchev–Trinajstić information content (AvgIpc) is 3.66. The van der Waals surface area contributed by atoms with Crippen molar-refractivity contribution in [2.45, 2.75) is 0 Å². The molecule has 11 rings (SSSR count). The average molecular weight is 702 g/mol. The van der Waals surface area contributed by atoms with Gasteiger partial charge in [-0.1, -0.05) is 152 Å². The Morgan fingerprint density at radius 2 is 0.964 bits per heavy atom. The van der Waals surface area contributed by atoms with E-state index < -0.39 is 0 Å². The summed E-state index contributed by atoms with van der Waals surface area (Å²) < 4.78 is 6.62. The molecule has 0 aliphatic carbocycles. The number of hydrogen-bond donors (Lipinski definition) is 0. The van der Waals surface area contributed by atoms with Gasteiger partial charge in [0.1, 0.15) is 11.3 Å². The lowest BCUT2D eigenvalue weighted by Crippen LogP contribution is -1.96. The molecule has 0 N–H and O–H groups in total. The van der Waals surface area contributed by atoms with Gasteiger partial charge in [-0.3, -0.25) is 0 Å². The molecule has 0 fully saturated rings. The van der Waals surface area contributed by atoms with Gasteiger partial charge >= 0.3 is 0 Å². The molecule has 4 heteroatoms. The number of aromatic nitrogens is 3. The Morgan fingerprint density at radius 1 is 0.345 bits per heavy atom. The second kappa shape index (κ2) is 12.6. The summed E-state index contributed by atoms with van der Waals surface area (Å²) in [6.45, 7) is 0. The van der Waals surface area contributed by atoms with Crippen LogP contribution in [-0.4, -0.2) is 15.0 Å². The Hall–Kier alpha value is -7.43. The van der Waals surface area contributed by atoms with Crippen LogP contribution in [0.25, 0.3) is 111 Å². The fourth-order valence-corrected chi connectivity index (χ4v) is 7.92.